The van der Waals surface area contributed by atoms with Crippen LogP contribution in [0.25, 0.3) is 0 Å². The number of hydrogen-bond donors (Lipinski definition) is 1. The zero-order valence-electron chi connectivity index (χ0n) is 10.7. The van der Waals surface area contributed by atoms with Crippen LogP contribution in [0.4, 0.5) is 0 Å². The molecule has 1 N–H and O–H groups in total. The smallest absolute Gasteiger partial charge is 0.251 e. The molecular weight excluding hydrogens is 287 g/mol. The second kappa shape index (κ2) is 6.55. The number of nitrogens with zero attached hydrogens (tertiary/aromatic N) is 1. The molecule has 1 saturated heterocycles. The van der Waals surface area contributed by atoms with E-state index >= 15 is 0 Å². The lowest BCUT2D eigenvalue weighted by atomic mass is 9.93. The van der Waals surface area contributed by atoms with Crippen LogP contribution in [-0.4, -0.2) is 30.1 Å². The minimum atomic E-state index is -0.176. The molecule has 1 aliphatic rings. The molecule has 2 rings (SSSR count). The van der Waals surface area contributed by atoms with E-state index in [0.29, 0.717) is 11.5 Å². The molecule has 1 unspecified atom stereocenters. The van der Waals surface area contributed by atoms with Crippen molar-refractivity contribution in [2.24, 2.45) is 5.92 Å². The van der Waals surface area contributed by atoms with E-state index in [-0.39, 0.29) is 22.3 Å². The molecule has 0 saturated carbocycles. The summed E-state index contributed by atoms with van der Waals surface area (Å²) >= 11 is 11.6. The molecule has 2 heterocycles. The number of amides is 1. The van der Waals surface area contributed by atoms with Crippen molar-refractivity contribution in [2.75, 3.05) is 13.2 Å². The van der Waals surface area contributed by atoms with E-state index in [1.54, 1.807) is 0 Å². The molecule has 1 amide bonds. The van der Waals surface area contributed by atoms with Crippen LogP contribution in [0.3, 0.4) is 0 Å². The third-order valence-electron chi connectivity index (χ3n) is 3.36. The van der Waals surface area contributed by atoms with Gasteiger partial charge in [0, 0.05) is 24.8 Å². The van der Waals surface area contributed by atoms with Crippen molar-refractivity contribution in [3.63, 3.8) is 0 Å². The Morgan fingerprint density at radius 1 is 1.37 bits per heavy atom. The highest BCUT2D eigenvalue weighted by molar-refractivity contribution is 6.33. The molecule has 0 aromatic carbocycles. The van der Waals surface area contributed by atoms with Crippen molar-refractivity contribution in [2.45, 2.75) is 25.8 Å². The fourth-order valence-corrected chi connectivity index (χ4v) is 2.68. The first-order chi connectivity index (χ1) is 9.06. The average Bonchev–Trinajstić information content (AvgIpc) is 2.38. The Hall–Kier alpha value is -0.840. The van der Waals surface area contributed by atoms with Crippen LogP contribution >= 0.6 is 23.2 Å². The molecule has 1 aromatic rings. The highest BCUT2D eigenvalue weighted by Gasteiger charge is 2.22. The number of pyridine rings is 1. The van der Waals surface area contributed by atoms with E-state index in [0.717, 1.165) is 26.1 Å². The predicted octanol–water partition coefficient (Wildman–Crippen LogP) is 2.93. The summed E-state index contributed by atoms with van der Waals surface area (Å²) in [6.45, 7) is 3.54. The SMILES string of the molecule is CC(NC(=O)c1cc(Cl)nc(Cl)c1)C1CCOCC1. The zero-order valence-corrected chi connectivity index (χ0v) is 12.2. The number of carbonyl (C=O) groups is 1. The monoisotopic (exact) mass is 302 g/mol. The average molecular weight is 303 g/mol. The number of aromatic nitrogens is 1. The summed E-state index contributed by atoms with van der Waals surface area (Å²) in [6.07, 6.45) is 1.94. The number of halogens is 2. The first-order valence-corrected chi connectivity index (χ1v) is 7.03. The van der Waals surface area contributed by atoms with Gasteiger partial charge in [0.15, 0.2) is 0 Å². The summed E-state index contributed by atoms with van der Waals surface area (Å²) in [5, 5.41) is 3.42. The molecule has 1 atom stereocenters. The van der Waals surface area contributed by atoms with Crippen LogP contribution in [-0.2, 0) is 4.74 Å². The molecule has 104 valence electrons. The van der Waals surface area contributed by atoms with Gasteiger partial charge in [-0.15, -0.1) is 0 Å². The molecule has 19 heavy (non-hydrogen) atoms. The molecular formula is C13H16Cl2N2O2. The number of rotatable bonds is 3. The van der Waals surface area contributed by atoms with Crippen molar-refractivity contribution in [3.05, 3.63) is 28.0 Å². The lowest BCUT2D eigenvalue weighted by Crippen LogP contribution is -2.40. The van der Waals surface area contributed by atoms with Crippen molar-refractivity contribution < 1.29 is 9.53 Å². The third-order valence-corrected chi connectivity index (χ3v) is 3.74. The van der Waals surface area contributed by atoms with E-state index in [9.17, 15) is 4.79 Å². The minimum Gasteiger partial charge on any atom is -0.381 e. The summed E-state index contributed by atoms with van der Waals surface area (Å²) in [4.78, 5) is 15.9. The van der Waals surface area contributed by atoms with Gasteiger partial charge in [-0.05, 0) is 37.8 Å². The molecule has 1 aliphatic heterocycles. The number of hydrogen-bond acceptors (Lipinski definition) is 3. The van der Waals surface area contributed by atoms with E-state index in [1.165, 1.54) is 12.1 Å². The molecule has 0 aliphatic carbocycles. The van der Waals surface area contributed by atoms with Crippen molar-refractivity contribution in [1.29, 1.82) is 0 Å². The highest BCUT2D eigenvalue weighted by Crippen LogP contribution is 2.20. The Labute approximate surface area is 122 Å². The largest absolute Gasteiger partial charge is 0.381 e. The maximum atomic E-state index is 12.1. The summed E-state index contributed by atoms with van der Waals surface area (Å²) in [6, 6.07) is 3.13. The summed E-state index contributed by atoms with van der Waals surface area (Å²) in [5.74, 6) is 0.274. The standard InChI is InChI=1S/C13H16Cl2N2O2/c1-8(9-2-4-19-5-3-9)16-13(18)10-6-11(14)17-12(15)7-10/h6-9H,2-5H2,1H3,(H,16,18). The summed E-state index contributed by atoms with van der Waals surface area (Å²) in [5.41, 5.74) is 0.434. The second-order valence-electron chi connectivity index (χ2n) is 4.71. The maximum absolute atomic E-state index is 12.1. The van der Waals surface area contributed by atoms with Crippen LogP contribution in [0, 0.1) is 5.92 Å². The molecule has 4 nitrogen and oxygen atoms in total. The van der Waals surface area contributed by atoms with Crippen LogP contribution in [0.15, 0.2) is 12.1 Å². The van der Waals surface area contributed by atoms with E-state index < -0.39 is 0 Å². The maximum Gasteiger partial charge on any atom is 0.251 e. The highest BCUT2D eigenvalue weighted by atomic mass is 35.5. The Bertz CT molecular complexity index is 442. The molecule has 6 heteroatoms. The second-order valence-corrected chi connectivity index (χ2v) is 5.49. The zero-order chi connectivity index (χ0) is 13.8. The number of ether oxygens (including phenoxy) is 1. The lowest BCUT2D eigenvalue weighted by molar-refractivity contribution is 0.0538. The van der Waals surface area contributed by atoms with Gasteiger partial charge in [0.1, 0.15) is 10.3 Å². The first kappa shape index (κ1) is 14.6. The van der Waals surface area contributed by atoms with Gasteiger partial charge >= 0.3 is 0 Å². The van der Waals surface area contributed by atoms with Gasteiger partial charge in [-0.3, -0.25) is 4.79 Å². The van der Waals surface area contributed by atoms with Gasteiger partial charge in [-0.1, -0.05) is 23.2 Å². The first-order valence-electron chi connectivity index (χ1n) is 6.28. The van der Waals surface area contributed by atoms with Crippen LogP contribution in [0.2, 0.25) is 10.3 Å². The van der Waals surface area contributed by atoms with Gasteiger partial charge in [0.25, 0.3) is 5.91 Å². The van der Waals surface area contributed by atoms with Gasteiger partial charge in [-0.25, -0.2) is 4.98 Å². The Morgan fingerprint density at radius 3 is 2.53 bits per heavy atom. The Balaban J connectivity index is 1.99. The van der Waals surface area contributed by atoms with E-state index in [2.05, 4.69) is 10.3 Å². The number of nitrogens with one attached hydrogen (secondary N) is 1. The molecule has 0 radical (unpaired) electrons. The minimum absolute atomic E-state index is 0.0992. The molecule has 0 spiro atoms. The van der Waals surface area contributed by atoms with Crippen LogP contribution < -0.4 is 5.32 Å². The Kier molecular flexibility index (Phi) is 5.02. The van der Waals surface area contributed by atoms with Crippen molar-refractivity contribution in [1.82, 2.24) is 10.3 Å². The summed E-state index contributed by atoms with van der Waals surface area (Å²) in [7, 11) is 0. The van der Waals surface area contributed by atoms with Crippen molar-refractivity contribution >= 4 is 29.1 Å². The van der Waals surface area contributed by atoms with Gasteiger partial charge < -0.3 is 10.1 Å². The van der Waals surface area contributed by atoms with Crippen LogP contribution in [0.5, 0.6) is 0 Å². The summed E-state index contributed by atoms with van der Waals surface area (Å²) < 4.78 is 5.32. The van der Waals surface area contributed by atoms with Crippen LogP contribution in [0.1, 0.15) is 30.1 Å². The normalized spacial score (nSPS) is 18.1. The van der Waals surface area contributed by atoms with Gasteiger partial charge in [-0.2, -0.15) is 0 Å². The Morgan fingerprint density at radius 2 is 1.95 bits per heavy atom. The van der Waals surface area contributed by atoms with E-state index in [4.69, 9.17) is 27.9 Å². The van der Waals surface area contributed by atoms with Gasteiger partial charge in [0.05, 0.1) is 0 Å². The molecule has 1 aromatic heterocycles. The number of carbonyl (C=O) groups excluding carboxylic acids is 1. The lowest BCUT2D eigenvalue weighted by Gasteiger charge is -2.28. The van der Waals surface area contributed by atoms with E-state index in [1.807, 2.05) is 6.92 Å². The third kappa shape index (κ3) is 4.06. The quantitative estimate of drug-likeness (QED) is 0.874. The fourth-order valence-electron chi connectivity index (χ4n) is 2.22. The molecule has 0 bridgehead atoms. The van der Waals surface area contributed by atoms with Crippen molar-refractivity contribution in [3.8, 4) is 0 Å². The predicted molar refractivity (Wildman–Crippen MR) is 74.7 cm³/mol. The van der Waals surface area contributed by atoms with Gasteiger partial charge in [0.2, 0.25) is 0 Å². The molecule has 1 fully saturated rings. The fraction of sp³-hybridized carbons (Fsp3) is 0.538. The topological polar surface area (TPSA) is 51.2 Å².